The van der Waals surface area contributed by atoms with Crippen LogP contribution in [0.4, 0.5) is 10.5 Å². The van der Waals surface area contributed by atoms with E-state index in [9.17, 15) is 9.90 Å². The molecule has 0 aliphatic heterocycles. The Labute approximate surface area is 100 Å². The highest BCUT2D eigenvalue weighted by atomic mass is 16.6. The molecule has 2 N–H and O–H groups in total. The highest BCUT2D eigenvalue weighted by Crippen LogP contribution is 2.28. The first-order chi connectivity index (χ1) is 7.81. The van der Waals surface area contributed by atoms with Gasteiger partial charge in [-0.15, -0.1) is 0 Å². The summed E-state index contributed by atoms with van der Waals surface area (Å²) in [4.78, 5) is 11.5. The van der Waals surface area contributed by atoms with Crippen molar-refractivity contribution in [3.8, 4) is 11.5 Å². The predicted octanol–water partition coefficient (Wildman–Crippen LogP) is 2.75. The zero-order valence-corrected chi connectivity index (χ0v) is 10.4. The van der Waals surface area contributed by atoms with E-state index in [0.717, 1.165) is 0 Å². The van der Waals surface area contributed by atoms with Gasteiger partial charge in [-0.05, 0) is 32.9 Å². The van der Waals surface area contributed by atoms with E-state index < -0.39 is 11.7 Å². The first-order valence-electron chi connectivity index (χ1n) is 5.19. The minimum absolute atomic E-state index is 0.0663. The van der Waals surface area contributed by atoms with Gasteiger partial charge in [-0.3, -0.25) is 5.32 Å². The molecule has 0 spiro atoms. The molecule has 0 atom stereocenters. The largest absolute Gasteiger partial charge is 0.508 e. The summed E-state index contributed by atoms with van der Waals surface area (Å²) in [5.74, 6) is 0.437. The van der Waals surface area contributed by atoms with E-state index >= 15 is 0 Å². The van der Waals surface area contributed by atoms with E-state index in [1.165, 1.54) is 25.3 Å². The van der Waals surface area contributed by atoms with E-state index in [4.69, 9.17) is 9.47 Å². The lowest BCUT2D eigenvalue weighted by Crippen LogP contribution is -2.27. The maximum atomic E-state index is 11.5. The van der Waals surface area contributed by atoms with Crippen LogP contribution in [-0.4, -0.2) is 23.9 Å². The Morgan fingerprint density at radius 3 is 2.53 bits per heavy atom. The molecule has 0 radical (unpaired) electrons. The maximum absolute atomic E-state index is 11.5. The summed E-state index contributed by atoms with van der Waals surface area (Å²) in [5, 5.41) is 11.8. The van der Waals surface area contributed by atoms with Crippen molar-refractivity contribution in [1.82, 2.24) is 0 Å². The summed E-state index contributed by atoms with van der Waals surface area (Å²) in [6.07, 6.45) is -0.568. The number of benzene rings is 1. The summed E-state index contributed by atoms with van der Waals surface area (Å²) in [5.41, 5.74) is -0.117. The van der Waals surface area contributed by atoms with Gasteiger partial charge in [0.05, 0.1) is 12.8 Å². The number of phenols is 1. The predicted molar refractivity (Wildman–Crippen MR) is 64.5 cm³/mol. The minimum Gasteiger partial charge on any atom is -0.508 e. The van der Waals surface area contributed by atoms with Crippen LogP contribution in [0.3, 0.4) is 0 Å². The molecule has 17 heavy (non-hydrogen) atoms. The van der Waals surface area contributed by atoms with Gasteiger partial charge in [-0.1, -0.05) is 0 Å². The number of hydrogen-bond acceptors (Lipinski definition) is 4. The lowest BCUT2D eigenvalue weighted by Gasteiger charge is -2.20. The van der Waals surface area contributed by atoms with Crippen molar-refractivity contribution in [2.24, 2.45) is 0 Å². The van der Waals surface area contributed by atoms with Crippen molar-refractivity contribution in [2.45, 2.75) is 26.4 Å². The maximum Gasteiger partial charge on any atom is 0.412 e. The van der Waals surface area contributed by atoms with Crippen molar-refractivity contribution >= 4 is 11.8 Å². The molecular formula is C12H17NO4. The average molecular weight is 239 g/mol. The number of nitrogens with one attached hydrogen (secondary N) is 1. The number of amides is 1. The third kappa shape index (κ3) is 4.22. The molecule has 0 saturated heterocycles. The summed E-state index contributed by atoms with van der Waals surface area (Å²) >= 11 is 0. The molecule has 1 amide bonds. The quantitative estimate of drug-likeness (QED) is 0.779. The van der Waals surface area contributed by atoms with Gasteiger partial charge in [0.1, 0.15) is 17.1 Å². The first kappa shape index (κ1) is 13.2. The fraction of sp³-hybridized carbons (Fsp3) is 0.417. The number of hydrogen-bond donors (Lipinski definition) is 2. The van der Waals surface area contributed by atoms with E-state index in [2.05, 4.69) is 5.32 Å². The second-order valence-electron chi connectivity index (χ2n) is 4.51. The van der Waals surface area contributed by atoms with Gasteiger partial charge in [-0.25, -0.2) is 4.79 Å². The summed E-state index contributed by atoms with van der Waals surface area (Å²) in [6, 6.07) is 4.40. The number of carbonyl (C=O) groups excluding carboxylic acids is 1. The molecule has 0 aromatic heterocycles. The topological polar surface area (TPSA) is 67.8 Å². The Kier molecular flexibility index (Phi) is 3.83. The van der Waals surface area contributed by atoms with Gasteiger partial charge in [0.15, 0.2) is 0 Å². The van der Waals surface area contributed by atoms with Crippen molar-refractivity contribution in [1.29, 1.82) is 0 Å². The van der Waals surface area contributed by atoms with Crippen LogP contribution in [-0.2, 0) is 4.74 Å². The van der Waals surface area contributed by atoms with Crippen LogP contribution >= 0.6 is 0 Å². The molecule has 0 fully saturated rings. The van der Waals surface area contributed by atoms with E-state index in [0.29, 0.717) is 11.4 Å². The van der Waals surface area contributed by atoms with E-state index in [1.807, 2.05) is 0 Å². The van der Waals surface area contributed by atoms with Gasteiger partial charge in [0.25, 0.3) is 0 Å². The van der Waals surface area contributed by atoms with Crippen molar-refractivity contribution < 1.29 is 19.4 Å². The average Bonchev–Trinajstić information content (AvgIpc) is 2.17. The molecular weight excluding hydrogens is 222 g/mol. The summed E-state index contributed by atoms with van der Waals surface area (Å²) in [7, 11) is 1.45. The van der Waals surface area contributed by atoms with Gasteiger partial charge in [-0.2, -0.15) is 0 Å². The fourth-order valence-corrected chi connectivity index (χ4v) is 1.20. The highest BCUT2D eigenvalue weighted by Gasteiger charge is 2.17. The smallest absolute Gasteiger partial charge is 0.412 e. The van der Waals surface area contributed by atoms with Crippen molar-refractivity contribution in [3.63, 3.8) is 0 Å². The molecule has 5 nitrogen and oxygen atoms in total. The summed E-state index contributed by atoms with van der Waals surface area (Å²) < 4.78 is 10.1. The monoisotopic (exact) mass is 239 g/mol. The van der Waals surface area contributed by atoms with Crippen LogP contribution in [0.1, 0.15) is 20.8 Å². The number of aromatic hydroxyl groups is 1. The van der Waals surface area contributed by atoms with Crippen molar-refractivity contribution in [2.75, 3.05) is 12.4 Å². The number of anilines is 1. The molecule has 5 heteroatoms. The third-order valence-corrected chi connectivity index (χ3v) is 1.82. The molecule has 0 heterocycles. The third-order valence-electron chi connectivity index (χ3n) is 1.82. The molecule has 94 valence electrons. The summed E-state index contributed by atoms with van der Waals surface area (Å²) in [6.45, 7) is 5.34. The molecule has 0 bridgehead atoms. The molecule has 1 aromatic carbocycles. The van der Waals surface area contributed by atoms with Gasteiger partial charge >= 0.3 is 6.09 Å². The molecule has 1 rings (SSSR count). The minimum atomic E-state index is -0.568. The number of methoxy groups -OCH3 is 1. The zero-order chi connectivity index (χ0) is 13.1. The molecule has 0 aliphatic rings. The van der Waals surface area contributed by atoms with Crippen LogP contribution in [0.15, 0.2) is 18.2 Å². The second-order valence-corrected chi connectivity index (χ2v) is 4.51. The first-order valence-corrected chi connectivity index (χ1v) is 5.19. The van der Waals surface area contributed by atoms with E-state index in [1.54, 1.807) is 20.8 Å². The SMILES string of the molecule is COc1cc(O)ccc1NC(=O)OC(C)(C)C. The fourth-order valence-electron chi connectivity index (χ4n) is 1.20. The Hall–Kier alpha value is -1.91. The molecule has 0 aliphatic carbocycles. The lowest BCUT2D eigenvalue weighted by molar-refractivity contribution is 0.0635. The number of rotatable bonds is 2. The Morgan fingerprint density at radius 2 is 2.00 bits per heavy atom. The van der Waals surface area contributed by atoms with Gasteiger partial charge < -0.3 is 14.6 Å². The highest BCUT2D eigenvalue weighted by molar-refractivity contribution is 5.87. The number of phenolic OH excluding ortho intramolecular Hbond substituents is 1. The Bertz CT molecular complexity index is 409. The normalized spacial score (nSPS) is 10.8. The van der Waals surface area contributed by atoms with Gasteiger partial charge in [0, 0.05) is 6.07 Å². The molecule has 1 aromatic rings. The van der Waals surface area contributed by atoms with E-state index in [-0.39, 0.29) is 5.75 Å². The van der Waals surface area contributed by atoms with Crippen LogP contribution in [0, 0.1) is 0 Å². The molecule has 0 unspecified atom stereocenters. The lowest BCUT2D eigenvalue weighted by atomic mass is 10.2. The van der Waals surface area contributed by atoms with Gasteiger partial charge in [0.2, 0.25) is 0 Å². The standard InChI is InChI=1S/C12H17NO4/c1-12(2,3)17-11(15)13-9-6-5-8(14)7-10(9)16-4/h5-7,14H,1-4H3,(H,13,15). The van der Waals surface area contributed by atoms with Crippen LogP contribution in [0.25, 0.3) is 0 Å². The van der Waals surface area contributed by atoms with Crippen LogP contribution < -0.4 is 10.1 Å². The Morgan fingerprint density at radius 1 is 1.35 bits per heavy atom. The zero-order valence-electron chi connectivity index (χ0n) is 10.4. The second kappa shape index (κ2) is 4.95. The number of ether oxygens (including phenoxy) is 2. The number of carbonyl (C=O) groups is 1. The van der Waals surface area contributed by atoms with Crippen LogP contribution in [0.2, 0.25) is 0 Å². The molecule has 0 saturated carbocycles. The Balaban J connectivity index is 2.78. The van der Waals surface area contributed by atoms with Crippen LogP contribution in [0.5, 0.6) is 11.5 Å². The van der Waals surface area contributed by atoms with Crippen molar-refractivity contribution in [3.05, 3.63) is 18.2 Å².